The molecular formula is C20H32O4Si. The fourth-order valence-electron chi connectivity index (χ4n) is 3.58. The molecule has 0 unspecified atom stereocenters. The van der Waals surface area contributed by atoms with Crippen LogP contribution in [0.15, 0.2) is 11.6 Å². The van der Waals surface area contributed by atoms with Crippen molar-refractivity contribution < 1.29 is 19.1 Å². The second-order valence-corrected chi connectivity index (χ2v) is 13.7. The lowest BCUT2D eigenvalue weighted by molar-refractivity contribution is -0.133. The van der Waals surface area contributed by atoms with Gasteiger partial charge in [-0.3, -0.25) is 0 Å². The molecule has 0 heterocycles. The third-order valence-corrected chi connectivity index (χ3v) is 10.5. The van der Waals surface area contributed by atoms with E-state index in [1.165, 1.54) is 12.7 Å². The van der Waals surface area contributed by atoms with E-state index >= 15 is 0 Å². The summed E-state index contributed by atoms with van der Waals surface area (Å²) in [5.74, 6) is 5.43. The monoisotopic (exact) mass is 364 g/mol. The Morgan fingerprint density at radius 3 is 2.64 bits per heavy atom. The molecule has 0 aromatic carbocycles. The third-order valence-electron chi connectivity index (χ3n) is 5.93. The van der Waals surface area contributed by atoms with Crippen LogP contribution in [0.3, 0.4) is 0 Å². The van der Waals surface area contributed by atoms with Crippen LogP contribution in [0.5, 0.6) is 0 Å². The van der Waals surface area contributed by atoms with Gasteiger partial charge < -0.3 is 14.3 Å². The Labute approximate surface area is 153 Å². The van der Waals surface area contributed by atoms with Gasteiger partial charge in [0.15, 0.2) is 8.32 Å². The zero-order valence-electron chi connectivity index (χ0n) is 16.4. The van der Waals surface area contributed by atoms with Gasteiger partial charge in [-0.05, 0) is 49.2 Å². The number of carbonyl (C=O) groups excluding carboxylic acids is 1. The van der Waals surface area contributed by atoms with Crippen LogP contribution < -0.4 is 0 Å². The van der Waals surface area contributed by atoms with E-state index in [1.807, 2.05) is 0 Å². The summed E-state index contributed by atoms with van der Waals surface area (Å²) in [6.45, 7) is 11.5. The highest BCUT2D eigenvalue weighted by atomic mass is 28.4. The predicted octanol–water partition coefficient (Wildman–Crippen LogP) is 3.66. The lowest BCUT2D eigenvalue weighted by atomic mass is 9.98. The standard InChI is InChI=1S/C20H32O4Si/c1-20(2,3)25(5,6)24-18-12-15-9-14(10-16(15)13-18)11-17(21)7-8-19(22)23-4/h9,15-18,21H,10-13H2,1-6H3/t15-,16+,17-,18+/m0/s1. The number of fused-ring (bicyclic) bond motifs is 1. The smallest absolute Gasteiger partial charge is 0.384 e. The summed E-state index contributed by atoms with van der Waals surface area (Å²) < 4.78 is 11.0. The van der Waals surface area contributed by atoms with Gasteiger partial charge >= 0.3 is 5.97 Å². The van der Waals surface area contributed by atoms with E-state index in [-0.39, 0.29) is 5.04 Å². The van der Waals surface area contributed by atoms with Crippen LogP contribution in [0.4, 0.5) is 0 Å². The molecule has 0 saturated heterocycles. The lowest BCUT2D eigenvalue weighted by Crippen LogP contribution is -2.43. The maximum atomic E-state index is 11.0. The highest BCUT2D eigenvalue weighted by Crippen LogP contribution is 2.47. The SMILES string of the molecule is COC(=O)C#C[C@H](O)CC1=C[C@H]2C[C@@H](O[Si](C)(C)C(C)(C)C)C[C@H]2C1. The number of methoxy groups -OCH3 is 1. The zero-order chi connectivity index (χ0) is 18.8. The topological polar surface area (TPSA) is 55.8 Å². The van der Waals surface area contributed by atoms with Crippen LogP contribution in [-0.4, -0.2) is 38.7 Å². The average Bonchev–Trinajstić information content (AvgIpc) is 3.00. The first-order chi connectivity index (χ1) is 11.5. The van der Waals surface area contributed by atoms with E-state index in [2.05, 4.69) is 56.5 Å². The number of carbonyl (C=O) groups is 1. The van der Waals surface area contributed by atoms with Crippen molar-refractivity contribution in [3.63, 3.8) is 0 Å². The van der Waals surface area contributed by atoms with Crippen LogP contribution in [0.2, 0.25) is 18.1 Å². The van der Waals surface area contributed by atoms with Crippen molar-refractivity contribution in [3.8, 4) is 11.8 Å². The Bertz CT molecular complexity index is 591. The molecular weight excluding hydrogens is 332 g/mol. The normalized spacial score (nSPS) is 27.2. The molecule has 2 aliphatic rings. The van der Waals surface area contributed by atoms with Crippen molar-refractivity contribution in [2.45, 2.75) is 76.8 Å². The fourth-order valence-corrected chi connectivity index (χ4v) is 4.96. The van der Waals surface area contributed by atoms with Gasteiger partial charge in [0, 0.05) is 18.4 Å². The number of aliphatic hydroxyl groups is 1. The van der Waals surface area contributed by atoms with Crippen LogP contribution in [0, 0.1) is 23.7 Å². The first-order valence-corrected chi connectivity index (χ1v) is 12.1. The summed E-state index contributed by atoms with van der Waals surface area (Å²) in [6, 6.07) is 0. The maximum absolute atomic E-state index is 11.0. The van der Waals surface area contributed by atoms with E-state index in [1.54, 1.807) is 0 Å². The number of ether oxygens (including phenoxy) is 1. The van der Waals surface area contributed by atoms with Crippen LogP contribution in [-0.2, 0) is 14.0 Å². The summed E-state index contributed by atoms with van der Waals surface area (Å²) in [5.41, 5.74) is 1.26. The molecule has 25 heavy (non-hydrogen) atoms. The molecule has 0 aromatic rings. The maximum Gasteiger partial charge on any atom is 0.384 e. The lowest BCUT2D eigenvalue weighted by Gasteiger charge is -2.38. The van der Waals surface area contributed by atoms with Crippen molar-refractivity contribution in [2.24, 2.45) is 11.8 Å². The summed E-state index contributed by atoms with van der Waals surface area (Å²) in [4.78, 5) is 11.0. The molecule has 1 fully saturated rings. The van der Waals surface area contributed by atoms with Crippen molar-refractivity contribution in [3.05, 3.63) is 11.6 Å². The second-order valence-electron chi connectivity index (χ2n) is 8.91. The number of rotatable bonds is 4. The van der Waals surface area contributed by atoms with Gasteiger partial charge in [0.2, 0.25) is 0 Å². The molecule has 0 aliphatic heterocycles. The number of hydrogen-bond acceptors (Lipinski definition) is 4. The average molecular weight is 365 g/mol. The van der Waals surface area contributed by atoms with Gasteiger partial charge in [0.1, 0.15) is 6.10 Å². The van der Waals surface area contributed by atoms with Gasteiger partial charge in [0.05, 0.1) is 7.11 Å². The number of hydrogen-bond donors (Lipinski definition) is 1. The minimum absolute atomic E-state index is 0.244. The quantitative estimate of drug-likeness (QED) is 0.272. The van der Waals surface area contributed by atoms with Crippen molar-refractivity contribution in [1.29, 1.82) is 0 Å². The third kappa shape index (κ3) is 5.19. The Kier molecular flexibility index (Phi) is 6.19. The Morgan fingerprint density at radius 1 is 1.40 bits per heavy atom. The van der Waals surface area contributed by atoms with Gasteiger partial charge in [-0.25, -0.2) is 4.79 Å². The fraction of sp³-hybridized carbons (Fsp3) is 0.750. The Hall–Kier alpha value is -1.09. The number of esters is 1. The first kappa shape index (κ1) is 20.2. The minimum atomic E-state index is -1.71. The van der Waals surface area contributed by atoms with Crippen LogP contribution >= 0.6 is 0 Å². The zero-order valence-corrected chi connectivity index (χ0v) is 17.4. The Balaban J connectivity index is 1.88. The van der Waals surface area contributed by atoms with E-state index in [0.717, 1.165) is 19.3 Å². The molecule has 0 aromatic heterocycles. The minimum Gasteiger partial charge on any atom is -0.459 e. The van der Waals surface area contributed by atoms with E-state index in [0.29, 0.717) is 24.4 Å². The highest BCUT2D eigenvalue weighted by Gasteiger charge is 2.44. The molecule has 0 spiro atoms. The predicted molar refractivity (Wildman–Crippen MR) is 101 cm³/mol. The molecule has 0 amide bonds. The molecule has 1 N–H and O–H groups in total. The molecule has 4 atom stereocenters. The molecule has 0 radical (unpaired) electrons. The first-order valence-electron chi connectivity index (χ1n) is 9.17. The van der Waals surface area contributed by atoms with Crippen LogP contribution in [0.25, 0.3) is 0 Å². The Morgan fingerprint density at radius 2 is 2.08 bits per heavy atom. The van der Waals surface area contributed by atoms with Gasteiger partial charge in [-0.1, -0.05) is 38.3 Å². The van der Waals surface area contributed by atoms with E-state index < -0.39 is 20.4 Å². The summed E-state index contributed by atoms with van der Waals surface area (Å²) >= 11 is 0. The molecule has 5 heteroatoms. The summed E-state index contributed by atoms with van der Waals surface area (Å²) in [7, 11) is -0.425. The van der Waals surface area contributed by atoms with Crippen LogP contribution in [0.1, 0.15) is 46.5 Å². The van der Waals surface area contributed by atoms with Gasteiger partial charge in [-0.2, -0.15) is 0 Å². The molecule has 1 saturated carbocycles. The molecule has 140 valence electrons. The van der Waals surface area contributed by atoms with Gasteiger partial charge in [0.25, 0.3) is 0 Å². The number of aliphatic hydroxyl groups excluding tert-OH is 1. The van der Waals surface area contributed by atoms with E-state index in [9.17, 15) is 9.90 Å². The summed E-state index contributed by atoms with van der Waals surface area (Å²) in [6.07, 6.45) is 5.61. The summed E-state index contributed by atoms with van der Waals surface area (Å²) in [5, 5.41) is 10.2. The second kappa shape index (κ2) is 7.65. The molecule has 2 rings (SSSR count). The van der Waals surface area contributed by atoms with Crippen molar-refractivity contribution in [1.82, 2.24) is 0 Å². The molecule has 4 nitrogen and oxygen atoms in total. The van der Waals surface area contributed by atoms with Crippen molar-refractivity contribution in [2.75, 3.05) is 7.11 Å². The highest BCUT2D eigenvalue weighted by molar-refractivity contribution is 6.74. The number of allylic oxidation sites excluding steroid dienone is 1. The molecule has 0 bridgehead atoms. The largest absolute Gasteiger partial charge is 0.459 e. The van der Waals surface area contributed by atoms with E-state index in [4.69, 9.17) is 4.43 Å². The van der Waals surface area contributed by atoms with Gasteiger partial charge in [-0.15, -0.1) is 0 Å². The van der Waals surface area contributed by atoms with Crippen molar-refractivity contribution >= 4 is 14.3 Å². The molecule has 2 aliphatic carbocycles.